The Morgan fingerprint density at radius 2 is 1.96 bits per heavy atom. The molecule has 0 bridgehead atoms. The number of benzene rings is 1. The van der Waals surface area contributed by atoms with Crippen molar-refractivity contribution in [2.75, 3.05) is 31.1 Å². The summed E-state index contributed by atoms with van der Waals surface area (Å²) in [7, 11) is 0. The number of nitrogens with two attached hydrogens (primary N) is 1. The Morgan fingerprint density at radius 3 is 2.79 bits per heavy atom. The number of fused-ring (bicyclic) bond motifs is 3. The van der Waals surface area contributed by atoms with Crippen molar-refractivity contribution in [2.45, 2.75) is 43.2 Å². The largest absolute Gasteiger partial charge is 0.383 e. The Balaban J connectivity index is 1.35. The zero-order valence-electron chi connectivity index (χ0n) is 16.1. The predicted molar refractivity (Wildman–Crippen MR) is 119 cm³/mol. The average molecular weight is 411 g/mol. The number of rotatable bonds is 5. The molecule has 2 aliphatic rings. The summed E-state index contributed by atoms with van der Waals surface area (Å²) >= 11 is 3.57. The second kappa shape index (κ2) is 8.01. The number of thiophene rings is 1. The van der Waals surface area contributed by atoms with E-state index in [2.05, 4.69) is 40.2 Å². The third kappa shape index (κ3) is 3.65. The average Bonchev–Trinajstić information content (AvgIpc) is 3.35. The summed E-state index contributed by atoms with van der Waals surface area (Å²) in [4.78, 5) is 14.6. The van der Waals surface area contributed by atoms with Gasteiger partial charge in [-0.3, -0.25) is 0 Å². The van der Waals surface area contributed by atoms with Crippen LogP contribution in [0, 0.1) is 0 Å². The highest BCUT2D eigenvalue weighted by molar-refractivity contribution is 7.99. The molecule has 146 valence electrons. The molecule has 4 nitrogen and oxygen atoms in total. The molecule has 2 N–H and O–H groups in total. The molecule has 0 spiro atoms. The molecule has 3 aromatic rings. The quantitative estimate of drug-likeness (QED) is 0.487. The van der Waals surface area contributed by atoms with Gasteiger partial charge >= 0.3 is 0 Å². The van der Waals surface area contributed by atoms with E-state index in [1.165, 1.54) is 48.4 Å². The normalized spacial score (nSPS) is 19.9. The van der Waals surface area contributed by atoms with Crippen LogP contribution in [-0.4, -0.2) is 40.3 Å². The lowest BCUT2D eigenvalue weighted by Crippen LogP contribution is -2.21. The van der Waals surface area contributed by atoms with Gasteiger partial charge in [0.1, 0.15) is 10.6 Å². The number of likely N-dealkylation sites (tertiary alicyclic amines) is 1. The highest BCUT2D eigenvalue weighted by atomic mass is 32.2. The summed E-state index contributed by atoms with van der Waals surface area (Å²) in [5.41, 5.74) is 9.25. The van der Waals surface area contributed by atoms with Crippen LogP contribution in [0.1, 0.15) is 41.2 Å². The third-order valence-corrected chi connectivity index (χ3v) is 8.00. The van der Waals surface area contributed by atoms with Gasteiger partial charge in [-0.15, -0.1) is 11.3 Å². The van der Waals surface area contributed by atoms with E-state index < -0.39 is 0 Å². The number of hydrogen-bond donors (Lipinski definition) is 1. The van der Waals surface area contributed by atoms with E-state index in [0.29, 0.717) is 11.7 Å². The van der Waals surface area contributed by atoms with Crippen LogP contribution in [0.25, 0.3) is 10.2 Å². The number of hydrogen-bond acceptors (Lipinski definition) is 6. The second-order valence-electron chi connectivity index (χ2n) is 7.82. The van der Waals surface area contributed by atoms with Crippen molar-refractivity contribution in [3.63, 3.8) is 0 Å². The molecule has 1 fully saturated rings. The van der Waals surface area contributed by atoms with E-state index in [0.717, 1.165) is 40.5 Å². The lowest BCUT2D eigenvalue weighted by molar-refractivity contribution is 0.362. The monoisotopic (exact) mass is 410 g/mol. The Hall–Kier alpha value is -1.63. The van der Waals surface area contributed by atoms with Crippen LogP contribution >= 0.6 is 23.1 Å². The summed E-state index contributed by atoms with van der Waals surface area (Å²) in [5.74, 6) is 2.31. The third-order valence-electron chi connectivity index (χ3n) is 6.02. The standard InChI is InChI=1S/C22H26N4S2/c23-20-19-17-9-8-16(15-6-2-1-3-7-15)14-18(17)28-21(19)25-22(24-20)27-13-12-26-10-4-5-11-26/h1-3,6-7,16H,4-5,8-14H2,(H2,23,24,25). The first-order valence-electron chi connectivity index (χ1n) is 10.3. The number of thioether (sulfide) groups is 1. The Kier molecular flexibility index (Phi) is 5.26. The molecular formula is C22H26N4S2. The first-order chi connectivity index (χ1) is 13.8. The molecule has 1 saturated heterocycles. The first-order valence-corrected chi connectivity index (χ1v) is 12.1. The van der Waals surface area contributed by atoms with E-state index in [-0.39, 0.29) is 0 Å². The molecule has 0 saturated carbocycles. The van der Waals surface area contributed by atoms with Crippen molar-refractivity contribution < 1.29 is 0 Å². The summed E-state index contributed by atoms with van der Waals surface area (Å²) in [6.07, 6.45) is 6.02. The van der Waals surface area contributed by atoms with Crippen LogP contribution in [0.5, 0.6) is 0 Å². The van der Waals surface area contributed by atoms with Gasteiger partial charge in [0, 0.05) is 17.2 Å². The second-order valence-corrected chi connectivity index (χ2v) is 9.97. The summed E-state index contributed by atoms with van der Waals surface area (Å²) in [6, 6.07) is 10.9. The highest BCUT2D eigenvalue weighted by Crippen LogP contribution is 2.42. The van der Waals surface area contributed by atoms with Crippen molar-refractivity contribution >= 4 is 39.1 Å². The van der Waals surface area contributed by atoms with Crippen molar-refractivity contribution in [3.05, 3.63) is 46.3 Å². The molecule has 1 aliphatic heterocycles. The molecule has 1 aromatic carbocycles. The molecule has 0 amide bonds. The summed E-state index contributed by atoms with van der Waals surface area (Å²) in [5, 5.41) is 1.96. The fourth-order valence-electron chi connectivity index (χ4n) is 4.53. The molecule has 1 aliphatic carbocycles. The first kappa shape index (κ1) is 18.4. The van der Waals surface area contributed by atoms with Gasteiger partial charge in [0.25, 0.3) is 0 Å². The van der Waals surface area contributed by atoms with Crippen LogP contribution < -0.4 is 5.73 Å². The minimum Gasteiger partial charge on any atom is -0.383 e. The van der Waals surface area contributed by atoms with Gasteiger partial charge in [0.15, 0.2) is 5.16 Å². The van der Waals surface area contributed by atoms with Crippen molar-refractivity contribution in [3.8, 4) is 0 Å². The van der Waals surface area contributed by atoms with E-state index in [1.807, 2.05) is 11.3 Å². The molecule has 3 heterocycles. The minimum atomic E-state index is 0.602. The Bertz CT molecular complexity index is 964. The molecule has 5 rings (SSSR count). The van der Waals surface area contributed by atoms with E-state index in [4.69, 9.17) is 10.7 Å². The van der Waals surface area contributed by atoms with Crippen LogP contribution in [0.15, 0.2) is 35.5 Å². The smallest absolute Gasteiger partial charge is 0.190 e. The van der Waals surface area contributed by atoms with Gasteiger partial charge in [0.2, 0.25) is 0 Å². The van der Waals surface area contributed by atoms with Crippen molar-refractivity contribution in [2.24, 2.45) is 0 Å². The van der Waals surface area contributed by atoms with E-state index in [9.17, 15) is 0 Å². The Labute approximate surface area is 174 Å². The SMILES string of the molecule is Nc1nc(SCCN2CCCC2)nc2sc3c(c12)CCC(c1ccccc1)C3. The molecular weight excluding hydrogens is 384 g/mol. The van der Waals surface area contributed by atoms with Gasteiger partial charge in [-0.05, 0) is 62.2 Å². The molecule has 28 heavy (non-hydrogen) atoms. The maximum absolute atomic E-state index is 6.40. The van der Waals surface area contributed by atoms with Crippen LogP contribution in [0.3, 0.4) is 0 Å². The maximum atomic E-state index is 6.40. The topological polar surface area (TPSA) is 55.0 Å². The number of anilines is 1. The van der Waals surface area contributed by atoms with Gasteiger partial charge < -0.3 is 10.6 Å². The lowest BCUT2D eigenvalue weighted by Gasteiger charge is -2.22. The fraction of sp³-hybridized carbons (Fsp3) is 0.455. The molecule has 1 unspecified atom stereocenters. The van der Waals surface area contributed by atoms with Crippen LogP contribution in [0.2, 0.25) is 0 Å². The number of nitrogens with zero attached hydrogens (tertiary/aromatic N) is 3. The van der Waals surface area contributed by atoms with Crippen LogP contribution in [0.4, 0.5) is 5.82 Å². The minimum absolute atomic E-state index is 0.602. The summed E-state index contributed by atoms with van der Waals surface area (Å²) in [6.45, 7) is 3.59. The summed E-state index contributed by atoms with van der Waals surface area (Å²) < 4.78 is 0. The molecule has 2 aromatic heterocycles. The fourth-order valence-corrected chi connectivity index (χ4v) is 6.75. The van der Waals surface area contributed by atoms with Gasteiger partial charge in [-0.2, -0.15) is 0 Å². The molecule has 0 radical (unpaired) electrons. The van der Waals surface area contributed by atoms with Crippen molar-refractivity contribution in [1.82, 2.24) is 14.9 Å². The zero-order chi connectivity index (χ0) is 18.9. The van der Waals surface area contributed by atoms with Crippen molar-refractivity contribution in [1.29, 1.82) is 0 Å². The highest BCUT2D eigenvalue weighted by Gasteiger charge is 2.26. The number of aromatic nitrogens is 2. The zero-order valence-corrected chi connectivity index (χ0v) is 17.7. The van der Waals surface area contributed by atoms with Gasteiger partial charge in [-0.25, -0.2) is 9.97 Å². The van der Waals surface area contributed by atoms with Gasteiger partial charge in [-0.1, -0.05) is 42.1 Å². The predicted octanol–water partition coefficient (Wildman–Crippen LogP) is 4.73. The maximum Gasteiger partial charge on any atom is 0.190 e. The van der Waals surface area contributed by atoms with E-state index in [1.54, 1.807) is 11.8 Å². The number of nitrogen functional groups attached to an aromatic ring is 1. The number of aryl methyl sites for hydroxylation is 1. The van der Waals surface area contributed by atoms with E-state index >= 15 is 0 Å². The Morgan fingerprint density at radius 1 is 1.14 bits per heavy atom. The van der Waals surface area contributed by atoms with Crippen LogP contribution in [-0.2, 0) is 12.8 Å². The molecule has 1 atom stereocenters. The van der Waals surface area contributed by atoms with Gasteiger partial charge in [0.05, 0.1) is 5.39 Å². The molecule has 6 heteroatoms. The lowest BCUT2D eigenvalue weighted by atomic mass is 9.83.